The molecule has 4 amide bonds. The van der Waals surface area contributed by atoms with Crippen LogP contribution in [0, 0.1) is 13.8 Å². The fraction of sp³-hybridized carbons (Fsp3) is 0.190. The van der Waals surface area contributed by atoms with E-state index in [2.05, 4.69) is 5.32 Å². The number of phenols is 1. The molecule has 27 heavy (non-hydrogen) atoms. The zero-order valence-electron chi connectivity index (χ0n) is 15.4. The van der Waals surface area contributed by atoms with E-state index in [1.807, 2.05) is 19.1 Å². The highest BCUT2D eigenvalue weighted by molar-refractivity contribution is 6.39. The largest absolute Gasteiger partial charge is 0.507 e. The van der Waals surface area contributed by atoms with E-state index >= 15 is 0 Å². The number of aryl methyl sites for hydroxylation is 3. The Hall–Kier alpha value is -3.41. The Morgan fingerprint density at radius 1 is 1.07 bits per heavy atom. The van der Waals surface area contributed by atoms with Crippen LogP contribution in [-0.4, -0.2) is 23.0 Å². The maximum absolute atomic E-state index is 13.0. The molecule has 0 aliphatic carbocycles. The van der Waals surface area contributed by atoms with Gasteiger partial charge in [-0.2, -0.15) is 0 Å². The molecule has 2 N–H and O–H groups in total. The lowest BCUT2D eigenvalue weighted by atomic mass is 10.0. The standard InChI is InChI=1S/C21H20N2O4/c1-4-15-7-5-6-8-17(15)23-20(26)16(19(25)22-21(23)27)11-14-9-12(2)18(24)13(3)10-14/h5-11,24H,4H2,1-3H3,(H,22,25,27). The lowest BCUT2D eigenvalue weighted by Crippen LogP contribution is -2.54. The van der Waals surface area contributed by atoms with Gasteiger partial charge in [0.05, 0.1) is 5.69 Å². The lowest BCUT2D eigenvalue weighted by molar-refractivity contribution is -0.122. The number of anilines is 1. The van der Waals surface area contributed by atoms with Crippen LogP contribution < -0.4 is 10.2 Å². The van der Waals surface area contributed by atoms with Gasteiger partial charge >= 0.3 is 6.03 Å². The Labute approximate surface area is 157 Å². The number of barbiturate groups is 1. The summed E-state index contributed by atoms with van der Waals surface area (Å²) < 4.78 is 0. The van der Waals surface area contributed by atoms with Crippen LogP contribution in [0.15, 0.2) is 42.0 Å². The van der Waals surface area contributed by atoms with Crippen molar-refractivity contribution in [2.45, 2.75) is 27.2 Å². The number of hydrogen-bond donors (Lipinski definition) is 2. The Bertz CT molecular complexity index is 968. The SMILES string of the molecule is CCc1ccccc1N1C(=O)NC(=O)C(=Cc2cc(C)c(O)c(C)c2)C1=O. The number of carbonyl (C=O) groups excluding carboxylic acids is 3. The van der Waals surface area contributed by atoms with Gasteiger partial charge in [-0.25, -0.2) is 9.69 Å². The molecule has 138 valence electrons. The number of amides is 4. The van der Waals surface area contributed by atoms with Crippen LogP contribution in [0.3, 0.4) is 0 Å². The highest BCUT2D eigenvalue weighted by atomic mass is 16.3. The first-order chi connectivity index (χ1) is 12.8. The summed E-state index contributed by atoms with van der Waals surface area (Å²) in [5.74, 6) is -1.24. The first-order valence-corrected chi connectivity index (χ1v) is 8.63. The molecule has 1 heterocycles. The molecule has 0 saturated carbocycles. The van der Waals surface area contributed by atoms with Gasteiger partial charge < -0.3 is 5.11 Å². The number of urea groups is 1. The molecule has 0 radical (unpaired) electrons. The molecule has 6 heteroatoms. The summed E-state index contributed by atoms with van der Waals surface area (Å²) in [5, 5.41) is 12.1. The summed E-state index contributed by atoms with van der Waals surface area (Å²) in [6.45, 7) is 5.40. The van der Waals surface area contributed by atoms with Crippen LogP contribution >= 0.6 is 0 Å². The van der Waals surface area contributed by atoms with Crippen LogP contribution in [0.2, 0.25) is 0 Å². The maximum Gasteiger partial charge on any atom is 0.335 e. The van der Waals surface area contributed by atoms with Crippen LogP contribution in [0.4, 0.5) is 10.5 Å². The lowest BCUT2D eigenvalue weighted by Gasteiger charge is -2.28. The molecule has 0 unspecified atom stereocenters. The van der Waals surface area contributed by atoms with E-state index in [4.69, 9.17) is 0 Å². The third kappa shape index (κ3) is 3.33. The van der Waals surface area contributed by atoms with Crippen LogP contribution in [0.5, 0.6) is 5.75 Å². The molecule has 3 rings (SSSR count). The second kappa shape index (κ2) is 7.07. The highest BCUT2D eigenvalue weighted by Crippen LogP contribution is 2.28. The van der Waals surface area contributed by atoms with Crippen LogP contribution in [-0.2, 0) is 16.0 Å². The first-order valence-electron chi connectivity index (χ1n) is 8.63. The first kappa shape index (κ1) is 18.4. The molecule has 0 spiro atoms. The summed E-state index contributed by atoms with van der Waals surface area (Å²) in [7, 11) is 0. The monoisotopic (exact) mass is 364 g/mol. The quantitative estimate of drug-likeness (QED) is 0.647. The fourth-order valence-corrected chi connectivity index (χ4v) is 3.14. The molecule has 1 fully saturated rings. The minimum atomic E-state index is -0.763. The van der Waals surface area contributed by atoms with Crippen molar-refractivity contribution in [1.29, 1.82) is 0 Å². The molecule has 0 bridgehead atoms. The number of benzene rings is 2. The molecular formula is C21H20N2O4. The molecule has 1 aliphatic rings. The maximum atomic E-state index is 13.0. The number of phenolic OH excluding ortho intramolecular Hbond substituents is 1. The van der Waals surface area contributed by atoms with Gasteiger partial charge in [-0.3, -0.25) is 14.9 Å². The smallest absolute Gasteiger partial charge is 0.335 e. The summed E-state index contributed by atoms with van der Waals surface area (Å²) in [6.07, 6.45) is 2.07. The van der Waals surface area contributed by atoms with Crippen molar-refractivity contribution in [3.63, 3.8) is 0 Å². The Morgan fingerprint density at radius 2 is 1.70 bits per heavy atom. The number of nitrogens with zero attached hydrogens (tertiary/aromatic N) is 1. The fourth-order valence-electron chi connectivity index (χ4n) is 3.14. The second-order valence-electron chi connectivity index (χ2n) is 6.44. The zero-order valence-corrected chi connectivity index (χ0v) is 15.4. The molecule has 0 aromatic heterocycles. The van der Waals surface area contributed by atoms with E-state index < -0.39 is 17.8 Å². The molecule has 2 aromatic rings. The summed E-state index contributed by atoms with van der Waals surface area (Å²) in [4.78, 5) is 38.6. The zero-order chi connectivity index (χ0) is 19.7. The number of carbonyl (C=O) groups is 3. The third-order valence-corrected chi connectivity index (χ3v) is 4.54. The number of para-hydroxylation sites is 1. The second-order valence-corrected chi connectivity index (χ2v) is 6.44. The Morgan fingerprint density at radius 3 is 2.33 bits per heavy atom. The molecule has 1 saturated heterocycles. The average Bonchev–Trinajstić information content (AvgIpc) is 2.63. The predicted molar refractivity (Wildman–Crippen MR) is 102 cm³/mol. The summed E-state index contributed by atoms with van der Waals surface area (Å²) in [6, 6.07) is 9.68. The molecule has 0 atom stereocenters. The van der Waals surface area contributed by atoms with Gasteiger partial charge in [-0.05, 0) is 66.8 Å². The van der Waals surface area contributed by atoms with E-state index in [-0.39, 0.29) is 11.3 Å². The van der Waals surface area contributed by atoms with Gasteiger partial charge in [0, 0.05) is 0 Å². The Balaban J connectivity index is 2.08. The van der Waals surface area contributed by atoms with Gasteiger partial charge in [0.1, 0.15) is 11.3 Å². The highest BCUT2D eigenvalue weighted by Gasteiger charge is 2.37. The van der Waals surface area contributed by atoms with Crippen molar-refractivity contribution in [2.75, 3.05) is 4.90 Å². The summed E-state index contributed by atoms with van der Waals surface area (Å²) in [5.41, 5.74) is 3.01. The minimum Gasteiger partial charge on any atom is -0.507 e. The predicted octanol–water partition coefficient (Wildman–Crippen LogP) is 3.24. The van der Waals surface area contributed by atoms with Crippen molar-refractivity contribution in [3.8, 4) is 5.75 Å². The van der Waals surface area contributed by atoms with Crippen molar-refractivity contribution in [1.82, 2.24) is 5.32 Å². The topological polar surface area (TPSA) is 86.7 Å². The number of imide groups is 2. The van der Waals surface area contributed by atoms with Crippen molar-refractivity contribution in [3.05, 3.63) is 64.2 Å². The van der Waals surface area contributed by atoms with Crippen molar-refractivity contribution >= 4 is 29.6 Å². The van der Waals surface area contributed by atoms with Gasteiger partial charge in [0.15, 0.2) is 0 Å². The number of hydrogen-bond acceptors (Lipinski definition) is 4. The molecule has 2 aromatic carbocycles. The molecule has 1 aliphatic heterocycles. The Kier molecular flexibility index (Phi) is 4.81. The number of rotatable bonds is 3. The number of aromatic hydroxyl groups is 1. The van der Waals surface area contributed by atoms with Gasteiger partial charge in [0.2, 0.25) is 0 Å². The van der Waals surface area contributed by atoms with Gasteiger partial charge in [-0.15, -0.1) is 0 Å². The third-order valence-electron chi connectivity index (χ3n) is 4.54. The van der Waals surface area contributed by atoms with E-state index in [1.165, 1.54) is 6.08 Å². The minimum absolute atomic E-state index is 0.134. The molecular weight excluding hydrogens is 344 g/mol. The normalized spacial score (nSPS) is 16.0. The van der Waals surface area contributed by atoms with E-state index in [9.17, 15) is 19.5 Å². The van der Waals surface area contributed by atoms with Gasteiger partial charge in [-0.1, -0.05) is 25.1 Å². The van der Waals surface area contributed by atoms with Crippen molar-refractivity contribution in [2.24, 2.45) is 0 Å². The van der Waals surface area contributed by atoms with Crippen molar-refractivity contribution < 1.29 is 19.5 Å². The summed E-state index contributed by atoms with van der Waals surface area (Å²) >= 11 is 0. The van der Waals surface area contributed by atoms with Crippen LogP contribution in [0.1, 0.15) is 29.2 Å². The van der Waals surface area contributed by atoms with E-state index in [1.54, 1.807) is 38.1 Å². The average molecular weight is 364 g/mol. The van der Waals surface area contributed by atoms with Crippen LogP contribution in [0.25, 0.3) is 6.08 Å². The molecule has 6 nitrogen and oxygen atoms in total. The van der Waals surface area contributed by atoms with E-state index in [0.29, 0.717) is 28.8 Å². The van der Waals surface area contributed by atoms with Gasteiger partial charge in [0.25, 0.3) is 11.8 Å². The number of nitrogens with one attached hydrogen (secondary N) is 1. The van der Waals surface area contributed by atoms with E-state index in [0.717, 1.165) is 10.5 Å².